The third-order valence-electron chi connectivity index (χ3n) is 3.38. The van der Waals surface area contributed by atoms with Crippen LogP contribution in [0.25, 0.3) is 0 Å². The SMILES string of the molecule is COCCN(CCOC)CC1CCCCC1=O. The summed E-state index contributed by atoms with van der Waals surface area (Å²) >= 11 is 0. The lowest BCUT2D eigenvalue weighted by Gasteiger charge is -2.28. The molecular formula is C13H25NO3. The Morgan fingerprint density at radius 3 is 2.35 bits per heavy atom. The molecule has 0 N–H and O–H groups in total. The lowest BCUT2D eigenvalue weighted by atomic mass is 9.87. The first-order valence-electron chi connectivity index (χ1n) is 6.51. The number of methoxy groups -OCH3 is 2. The Balaban J connectivity index is 2.36. The van der Waals surface area contributed by atoms with E-state index in [0.29, 0.717) is 19.0 Å². The van der Waals surface area contributed by atoms with Gasteiger partial charge in [-0.1, -0.05) is 6.42 Å². The maximum atomic E-state index is 11.8. The number of nitrogens with zero attached hydrogens (tertiary/aromatic N) is 1. The van der Waals surface area contributed by atoms with Crippen LogP contribution < -0.4 is 0 Å². The summed E-state index contributed by atoms with van der Waals surface area (Å²) in [5, 5.41) is 0. The van der Waals surface area contributed by atoms with Crippen LogP contribution in [0.3, 0.4) is 0 Å². The largest absolute Gasteiger partial charge is 0.383 e. The van der Waals surface area contributed by atoms with Crippen LogP contribution in [0, 0.1) is 5.92 Å². The van der Waals surface area contributed by atoms with Crippen molar-refractivity contribution >= 4 is 5.78 Å². The van der Waals surface area contributed by atoms with E-state index in [9.17, 15) is 4.79 Å². The van der Waals surface area contributed by atoms with Crippen molar-refractivity contribution in [3.8, 4) is 0 Å². The highest BCUT2D eigenvalue weighted by molar-refractivity contribution is 5.81. The summed E-state index contributed by atoms with van der Waals surface area (Å²) in [6.45, 7) is 4.05. The van der Waals surface area contributed by atoms with Gasteiger partial charge in [0.1, 0.15) is 5.78 Å². The van der Waals surface area contributed by atoms with Crippen molar-refractivity contribution < 1.29 is 14.3 Å². The van der Waals surface area contributed by atoms with E-state index in [2.05, 4.69) is 4.90 Å². The summed E-state index contributed by atoms with van der Waals surface area (Å²) in [4.78, 5) is 14.1. The number of Topliss-reactive ketones (excluding diaryl/α,β-unsaturated/α-hetero) is 1. The van der Waals surface area contributed by atoms with E-state index < -0.39 is 0 Å². The van der Waals surface area contributed by atoms with Crippen molar-refractivity contribution in [2.45, 2.75) is 25.7 Å². The van der Waals surface area contributed by atoms with Crippen LogP contribution in [-0.4, -0.2) is 57.8 Å². The van der Waals surface area contributed by atoms with E-state index in [1.54, 1.807) is 14.2 Å². The van der Waals surface area contributed by atoms with Crippen molar-refractivity contribution in [2.75, 3.05) is 47.1 Å². The third-order valence-corrected chi connectivity index (χ3v) is 3.38. The highest BCUT2D eigenvalue weighted by Crippen LogP contribution is 2.21. The number of carbonyl (C=O) groups excluding carboxylic acids is 1. The summed E-state index contributed by atoms with van der Waals surface area (Å²) in [7, 11) is 3.42. The molecule has 1 aliphatic carbocycles. The average Bonchev–Trinajstić information content (AvgIpc) is 2.35. The molecule has 1 rings (SSSR count). The van der Waals surface area contributed by atoms with E-state index >= 15 is 0 Å². The molecule has 0 amide bonds. The van der Waals surface area contributed by atoms with Crippen LogP contribution >= 0.6 is 0 Å². The Labute approximate surface area is 104 Å². The predicted octanol–water partition coefficient (Wildman–Crippen LogP) is 1.34. The van der Waals surface area contributed by atoms with Crippen LogP contribution in [0.2, 0.25) is 0 Å². The number of carbonyl (C=O) groups is 1. The maximum Gasteiger partial charge on any atom is 0.137 e. The highest BCUT2D eigenvalue weighted by Gasteiger charge is 2.24. The summed E-state index contributed by atoms with van der Waals surface area (Å²) in [6, 6.07) is 0. The van der Waals surface area contributed by atoms with Gasteiger partial charge in [-0.15, -0.1) is 0 Å². The van der Waals surface area contributed by atoms with E-state index in [0.717, 1.165) is 38.9 Å². The van der Waals surface area contributed by atoms with Gasteiger partial charge in [-0.05, 0) is 12.8 Å². The van der Waals surface area contributed by atoms with Gasteiger partial charge < -0.3 is 9.47 Å². The first-order chi connectivity index (χ1) is 8.27. The molecule has 0 radical (unpaired) electrons. The van der Waals surface area contributed by atoms with Crippen molar-refractivity contribution in [2.24, 2.45) is 5.92 Å². The quantitative estimate of drug-likeness (QED) is 0.645. The fourth-order valence-electron chi connectivity index (χ4n) is 2.30. The molecule has 1 saturated carbocycles. The molecule has 1 fully saturated rings. The minimum absolute atomic E-state index is 0.234. The zero-order valence-electron chi connectivity index (χ0n) is 11.1. The Bertz CT molecular complexity index is 213. The Kier molecular flexibility index (Phi) is 7.40. The molecule has 100 valence electrons. The van der Waals surface area contributed by atoms with Crippen molar-refractivity contribution in [3.63, 3.8) is 0 Å². The second kappa shape index (κ2) is 8.61. The minimum atomic E-state index is 0.234. The van der Waals surface area contributed by atoms with E-state index in [1.807, 2.05) is 0 Å². The molecule has 0 heterocycles. The number of hydrogen-bond acceptors (Lipinski definition) is 4. The molecule has 0 aromatic heterocycles. The van der Waals surface area contributed by atoms with E-state index in [-0.39, 0.29) is 5.92 Å². The summed E-state index contributed by atoms with van der Waals surface area (Å²) in [6.07, 6.45) is 4.09. The fourth-order valence-corrected chi connectivity index (χ4v) is 2.30. The van der Waals surface area contributed by atoms with Crippen LogP contribution in [0.4, 0.5) is 0 Å². The number of ether oxygens (including phenoxy) is 2. The monoisotopic (exact) mass is 243 g/mol. The first kappa shape index (κ1) is 14.6. The number of hydrogen-bond donors (Lipinski definition) is 0. The molecule has 0 aromatic carbocycles. The van der Waals surface area contributed by atoms with Crippen LogP contribution in [0.5, 0.6) is 0 Å². The topological polar surface area (TPSA) is 38.8 Å². The third kappa shape index (κ3) is 5.61. The first-order valence-corrected chi connectivity index (χ1v) is 6.51. The second-order valence-electron chi connectivity index (χ2n) is 4.70. The Morgan fingerprint density at radius 1 is 1.18 bits per heavy atom. The van der Waals surface area contributed by atoms with Crippen molar-refractivity contribution in [3.05, 3.63) is 0 Å². The van der Waals surface area contributed by atoms with E-state index in [4.69, 9.17) is 9.47 Å². The molecule has 1 unspecified atom stereocenters. The predicted molar refractivity (Wildman–Crippen MR) is 67.2 cm³/mol. The fraction of sp³-hybridized carbons (Fsp3) is 0.923. The average molecular weight is 243 g/mol. The van der Waals surface area contributed by atoms with Gasteiger partial charge >= 0.3 is 0 Å². The molecule has 0 saturated heterocycles. The van der Waals surface area contributed by atoms with Crippen molar-refractivity contribution in [1.29, 1.82) is 0 Å². The van der Waals surface area contributed by atoms with E-state index in [1.165, 1.54) is 6.42 Å². The van der Waals surface area contributed by atoms with Gasteiger partial charge in [-0.2, -0.15) is 0 Å². The summed E-state index contributed by atoms with van der Waals surface area (Å²) < 4.78 is 10.2. The molecule has 0 aliphatic heterocycles. The molecule has 17 heavy (non-hydrogen) atoms. The normalized spacial score (nSPS) is 21.1. The summed E-state index contributed by atoms with van der Waals surface area (Å²) in [5.74, 6) is 0.675. The highest BCUT2D eigenvalue weighted by atomic mass is 16.5. The molecule has 1 atom stereocenters. The van der Waals surface area contributed by atoms with Gasteiger partial charge in [0.05, 0.1) is 13.2 Å². The number of ketones is 1. The van der Waals surface area contributed by atoms with Gasteiger partial charge in [-0.3, -0.25) is 9.69 Å². The standard InChI is InChI=1S/C13H25NO3/c1-16-9-7-14(8-10-17-2)11-12-5-3-4-6-13(12)15/h12H,3-11H2,1-2H3. The summed E-state index contributed by atoms with van der Waals surface area (Å²) in [5.41, 5.74) is 0. The second-order valence-corrected chi connectivity index (χ2v) is 4.70. The van der Waals surface area contributed by atoms with Gasteiger partial charge in [-0.25, -0.2) is 0 Å². The van der Waals surface area contributed by atoms with Crippen molar-refractivity contribution in [1.82, 2.24) is 4.90 Å². The van der Waals surface area contributed by atoms with Crippen LogP contribution in [-0.2, 0) is 14.3 Å². The van der Waals surface area contributed by atoms with Crippen LogP contribution in [0.1, 0.15) is 25.7 Å². The molecule has 0 bridgehead atoms. The van der Waals surface area contributed by atoms with Gasteiger partial charge in [0.15, 0.2) is 0 Å². The maximum absolute atomic E-state index is 11.8. The lowest BCUT2D eigenvalue weighted by molar-refractivity contribution is -0.125. The van der Waals surface area contributed by atoms with Gasteiger partial charge in [0, 0.05) is 46.2 Å². The molecule has 0 spiro atoms. The molecule has 4 nitrogen and oxygen atoms in total. The smallest absolute Gasteiger partial charge is 0.137 e. The molecule has 1 aliphatic rings. The van der Waals surface area contributed by atoms with Gasteiger partial charge in [0.25, 0.3) is 0 Å². The Hall–Kier alpha value is -0.450. The van der Waals surface area contributed by atoms with Crippen LogP contribution in [0.15, 0.2) is 0 Å². The number of rotatable bonds is 8. The zero-order chi connectivity index (χ0) is 12.5. The Morgan fingerprint density at radius 2 is 1.82 bits per heavy atom. The lowest BCUT2D eigenvalue weighted by Crippen LogP contribution is -2.38. The molecule has 0 aromatic rings. The molecule has 4 heteroatoms. The molecular weight excluding hydrogens is 218 g/mol. The zero-order valence-corrected chi connectivity index (χ0v) is 11.1. The van der Waals surface area contributed by atoms with Gasteiger partial charge in [0.2, 0.25) is 0 Å². The minimum Gasteiger partial charge on any atom is -0.383 e.